The highest BCUT2D eigenvalue weighted by Crippen LogP contribution is 2.34. The summed E-state index contributed by atoms with van der Waals surface area (Å²) in [5, 5.41) is 2.29. The number of ether oxygens (including phenoxy) is 1. The summed E-state index contributed by atoms with van der Waals surface area (Å²) in [7, 11) is 0. The van der Waals surface area contributed by atoms with Crippen LogP contribution in [0.15, 0.2) is 42.6 Å². The quantitative estimate of drug-likeness (QED) is 0.582. The second-order valence-electron chi connectivity index (χ2n) is 6.63. The lowest BCUT2D eigenvalue weighted by molar-refractivity contribution is -0.154. The second kappa shape index (κ2) is 13.5. The predicted molar refractivity (Wildman–Crippen MR) is 111 cm³/mol. The third-order valence-corrected chi connectivity index (χ3v) is 4.35. The summed E-state index contributed by atoms with van der Waals surface area (Å²) in [6.07, 6.45) is 1.73. The number of rotatable bonds is 5. The molecule has 31 heavy (non-hydrogen) atoms. The topological polar surface area (TPSA) is 77.2 Å². The number of carbonyl (C=O) groups excluding carboxylic acids is 1. The first-order chi connectivity index (χ1) is 14.7. The third-order valence-electron chi connectivity index (χ3n) is 4.35. The van der Waals surface area contributed by atoms with Crippen LogP contribution in [0.1, 0.15) is 56.6 Å². The molecule has 0 aliphatic heterocycles. The number of nitrogens with two attached hydrogens (primary N) is 1. The van der Waals surface area contributed by atoms with Crippen molar-refractivity contribution in [2.75, 3.05) is 6.61 Å². The highest BCUT2D eigenvalue weighted by molar-refractivity contribution is 5.71. The van der Waals surface area contributed by atoms with Crippen LogP contribution in [0.5, 0.6) is 5.88 Å². The van der Waals surface area contributed by atoms with Gasteiger partial charge < -0.3 is 15.8 Å². The van der Waals surface area contributed by atoms with Gasteiger partial charge in [-0.1, -0.05) is 44.9 Å². The Bertz CT molecular complexity index is 794. The molecule has 1 fully saturated rings. The standard InChI is InChI=1S/C11H13F.C9H10F3N3O2.C2H6/c12-11-8-4-3-7-10(11)9-5-1-2-6-9;10-9(11,12)5-17-7-3-6(1-2-14-7)4-15-8(13)16;1-2/h3-4,7-9H,1-2,5-6H2;1-3H,4-5H2,(H3,13,15,16);1-2H3. The van der Waals surface area contributed by atoms with E-state index in [1.54, 1.807) is 12.1 Å². The van der Waals surface area contributed by atoms with Crippen molar-refractivity contribution in [3.05, 3.63) is 59.5 Å². The molecule has 1 aliphatic rings. The van der Waals surface area contributed by atoms with Gasteiger partial charge in [-0.15, -0.1) is 0 Å². The second-order valence-corrected chi connectivity index (χ2v) is 6.63. The number of nitrogens with zero attached hydrogens (tertiary/aromatic N) is 1. The minimum Gasteiger partial charge on any atom is -0.468 e. The van der Waals surface area contributed by atoms with Crippen molar-refractivity contribution in [3.8, 4) is 5.88 Å². The molecule has 1 saturated carbocycles. The van der Waals surface area contributed by atoms with E-state index < -0.39 is 18.8 Å². The van der Waals surface area contributed by atoms with Gasteiger partial charge >= 0.3 is 12.2 Å². The molecule has 5 nitrogen and oxygen atoms in total. The van der Waals surface area contributed by atoms with Gasteiger partial charge in [0.1, 0.15) is 5.82 Å². The van der Waals surface area contributed by atoms with Gasteiger partial charge in [0.15, 0.2) is 6.61 Å². The number of pyridine rings is 1. The van der Waals surface area contributed by atoms with E-state index in [2.05, 4.69) is 15.0 Å². The maximum Gasteiger partial charge on any atom is 0.422 e. The van der Waals surface area contributed by atoms with Crippen LogP contribution < -0.4 is 15.8 Å². The minimum atomic E-state index is -4.41. The van der Waals surface area contributed by atoms with Crippen molar-refractivity contribution >= 4 is 6.03 Å². The SMILES string of the molecule is CC.Fc1ccccc1C1CCCC1.NC(=O)NCc1ccnc(OCC(F)(F)F)c1. The molecule has 2 aromatic rings. The molecular formula is C22H29F4N3O2. The lowest BCUT2D eigenvalue weighted by Gasteiger charge is -2.09. The molecule has 0 radical (unpaired) electrons. The van der Waals surface area contributed by atoms with E-state index in [0.717, 1.165) is 5.56 Å². The number of primary amides is 1. The lowest BCUT2D eigenvalue weighted by atomic mass is 9.97. The number of hydrogen-bond acceptors (Lipinski definition) is 3. The molecule has 1 heterocycles. The van der Waals surface area contributed by atoms with Crippen molar-refractivity contribution in [2.45, 2.75) is 58.2 Å². The summed E-state index contributed by atoms with van der Waals surface area (Å²) in [4.78, 5) is 14.0. The van der Waals surface area contributed by atoms with E-state index in [1.807, 2.05) is 26.0 Å². The van der Waals surface area contributed by atoms with Crippen LogP contribution in [0, 0.1) is 5.82 Å². The predicted octanol–water partition coefficient (Wildman–Crippen LogP) is 5.70. The highest BCUT2D eigenvalue weighted by atomic mass is 19.4. The summed E-state index contributed by atoms with van der Waals surface area (Å²) in [6.45, 7) is 2.69. The Labute approximate surface area is 180 Å². The maximum atomic E-state index is 13.2. The number of aromatic nitrogens is 1. The molecule has 0 saturated heterocycles. The van der Waals surface area contributed by atoms with Crippen LogP contribution in [-0.2, 0) is 6.54 Å². The van der Waals surface area contributed by atoms with Crippen LogP contribution in [0.3, 0.4) is 0 Å². The Morgan fingerprint density at radius 3 is 2.42 bits per heavy atom. The molecule has 1 aromatic heterocycles. The van der Waals surface area contributed by atoms with Gasteiger partial charge in [0.05, 0.1) is 0 Å². The summed E-state index contributed by atoms with van der Waals surface area (Å²) in [5.74, 6) is 0.307. The molecule has 9 heteroatoms. The number of urea groups is 1. The highest BCUT2D eigenvalue weighted by Gasteiger charge is 2.28. The van der Waals surface area contributed by atoms with Gasteiger partial charge in [-0.2, -0.15) is 13.2 Å². The molecule has 172 valence electrons. The monoisotopic (exact) mass is 443 g/mol. The molecule has 0 spiro atoms. The molecule has 0 unspecified atom stereocenters. The summed E-state index contributed by atoms with van der Waals surface area (Å²) in [5.41, 5.74) is 6.31. The number of alkyl halides is 3. The average Bonchev–Trinajstić information content (AvgIpc) is 3.28. The Morgan fingerprint density at radius 2 is 1.84 bits per heavy atom. The van der Waals surface area contributed by atoms with Crippen LogP contribution in [0.2, 0.25) is 0 Å². The zero-order valence-electron chi connectivity index (χ0n) is 17.7. The Balaban J connectivity index is 0.000000300. The van der Waals surface area contributed by atoms with Gasteiger partial charge in [0.25, 0.3) is 0 Å². The molecule has 3 N–H and O–H groups in total. The Kier molecular flexibility index (Phi) is 11.4. The van der Waals surface area contributed by atoms with Crippen molar-refractivity contribution in [1.82, 2.24) is 10.3 Å². The van der Waals surface area contributed by atoms with Crippen molar-refractivity contribution < 1.29 is 27.1 Å². The first-order valence-electron chi connectivity index (χ1n) is 10.2. The van der Waals surface area contributed by atoms with E-state index in [1.165, 1.54) is 44.0 Å². The zero-order valence-corrected chi connectivity index (χ0v) is 17.7. The lowest BCUT2D eigenvalue weighted by Crippen LogP contribution is -2.28. The van der Waals surface area contributed by atoms with Gasteiger partial charge in [0, 0.05) is 18.8 Å². The molecule has 1 aromatic carbocycles. The van der Waals surface area contributed by atoms with E-state index in [0.29, 0.717) is 11.5 Å². The number of amides is 2. The fourth-order valence-corrected chi connectivity index (χ4v) is 3.03. The average molecular weight is 443 g/mol. The maximum absolute atomic E-state index is 13.2. The van der Waals surface area contributed by atoms with Crippen molar-refractivity contribution in [1.29, 1.82) is 0 Å². The first-order valence-corrected chi connectivity index (χ1v) is 10.2. The van der Waals surface area contributed by atoms with Gasteiger partial charge in [-0.05, 0) is 42.0 Å². The van der Waals surface area contributed by atoms with E-state index in [-0.39, 0.29) is 18.2 Å². The summed E-state index contributed by atoms with van der Waals surface area (Å²) < 4.78 is 53.3. The normalized spacial score (nSPS) is 13.4. The molecule has 0 bridgehead atoms. The Hall–Kier alpha value is -2.84. The number of nitrogens with one attached hydrogen (secondary N) is 1. The van der Waals surface area contributed by atoms with Crippen molar-refractivity contribution in [2.24, 2.45) is 5.73 Å². The molecule has 0 atom stereocenters. The fourth-order valence-electron chi connectivity index (χ4n) is 3.03. The zero-order chi connectivity index (χ0) is 23.3. The Morgan fingerprint density at radius 1 is 1.19 bits per heavy atom. The van der Waals surface area contributed by atoms with E-state index in [4.69, 9.17) is 5.73 Å². The molecule has 1 aliphatic carbocycles. The van der Waals surface area contributed by atoms with Crippen LogP contribution >= 0.6 is 0 Å². The largest absolute Gasteiger partial charge is 0.468 e. The van der Waals surface area contributed by atoms with Crippen LogP contribution in [0.25, 0.3) is 0 Å². The first kappa shape index (κ1) is 26.2. The summed E-state index contributed by atoms with van der Waals surface area (Å²) in [6, 6.07) is 9.27. The van der Waals surface area contributed by atoms with Crippen LogP contribution in [0.4, 0.5) is 22.4 Å². The van der Waals surface area contributed by atoms with Gasteiger partial charge in [-0.3, -0.25) is 0 Å². The third kappa shape index (κ3) is 10.7. The van der Waals surface area contributed by atoms with Crippen molar-refractivity contribution in [3.63, 3.8) is 0 Å². The number of carbonyl (C=O) groups is 1. The van der Waals surface area contributed by atoms with E-state index >= 15 is 0 Å². The van der Waals surface area contributed by atoms with E-state index in [9.17, 15) is 22.4 Å². The molecular weight excluding hydrogens is 414 g/mol. The molecule has 3 rings (SSSR count). The van der Waals surface area contributed by atoms with Gasteiger partial charge in [-0.25, -0.2) is 14.2 Å². The smallest absolute Gasteiger partial charge is 0.422 e. The minimum absolute atomic E-state index is 0.0237. The molecule has 2 amide bonds. The number of hydrogen-bond donors (Lipinski definition) is 2. The fraction of sp³-hybridized carbons (Fsp3) is 0.455. The van der Waals surface area contributed by atoms with Gasteiger partial charge in [0.2, 0.25) is 5.88 Å². The number of benzene rings is 1. The van der Waals surface area contributed by atoms with Crippen LogP contribution in [-0.4, -0.2) is 23.8 Å². The summed E-state index contributed by atoms with van der Waals surface area (Å²) >= 11 is 0. The number of halogens is 4.